The molecule has 3 rings (SSSR count). The fourth-order valence-corrected chi connectivity index (χ4v) is 2.94. The smallest absolute Gasteiger partial charge is 0.227 e. The number of rotatable bonds is 5. The SMILES string of the molecule is CCCCC(=O)Nc1cc(-c2nc3cc(C)cc(C)c3o2)ccc1C. The number of amides is 1. The number of oxazole rings is 1. The van der Waals surface area contributed by atoms with Gasteiger partial charge in [0.15, 0.2) is 5.58 Å². The van der Waals surface area contributed by atoms with Gasteiger partial charge in [0.25, 0.3) is 0 Å². The second kappa shape index (κ2) is 7.09. The molecule has 1 N–H and O–H groups in total. The Morgan fingerprint density at radius 2 is 1.92 bits per heavy atom. The highest BCUT2D eigenvalue weighted by Gasteiger charge is 2.13. The van der Waals surface area contributed by atoms with Gasteiger partial charge in [-0.05, 0) is 62.1 Å². The highest BCUT2D eigenvalue weighted by molar-refractivity contribution is 5.92. The van der Waals surface area contributed by atoms with Crippen molar-refractivity contribution < 1.29 is 9.21 Å². The van der Waals surface area contributed by atoms with Crippen LogP contribution in [0.5, 0.6) is 0 Å². The molecule has 2 aromatic carbocycles. The van der Waals surface area contributed by atoms with Gasteiger partial charge in [0.05, 0.1) is 0 Å². The van der Waals surface area contributed by atoms with Crippen LogP contribution < -0.4 is 5.32 Å². The van der Waals surface area contributed by atoms with Crippen LogP contribution in [0, 0.1) is 20.8 Å². The van der Waals surface area contributed by atoms with Crippen molar-refractivity contribution in [1.82, 2.24) is 4.98 Å². The van der Waals surface area contributed by atoms with Gasteiger partial charge in [-0.3, -0.25) is 4.79 Å². The molecule has 1 heterocycles. The molecule has 0 radical (unpaired) electrons. The monoisotopic (exact) mass is 336 g/mol. The number of aromatic nitrogens is 1. The van der Waals surface area contributed by atoms with Crippen LogP contribution >= 0.6 is 0 Å². The van der Waals surface area contributed by atoms with E-state index < -0.39 is 0 Å². The first-order valence-electron chi connectivity index (χ1n) is 8.76. The molecule has 0 spiro atoms. The molecule has 4 heteroatoms. The molecule has 0 saturated carbocycles. The van der Waals surface area contributed by atoms with E-state index in [1.165, 1.54) is 0 Å². The van der Waals surface area contributed by atoms with Crippen LogP contribution in [0.2, 0.25) is 0 Å². The van der Waals surface area contributed by atoms with E-state index in [-0.39, 0.29) is 5.91 Å². The fourth-order valence-electron chi connectivity index (χ4n) is 2.94. The number of anilines is 1. The van der Waals surface area contributed by atoms with E-state index in [2.05, 4.69) is 30.2 Å². The number of unbranched alkanes of at least 4 members (excludes halogenated alkanes) is 1. The molecule has 0 fully saturated rings. The Hall–Kier alpha value is -2.62. The number of nitrogens with one attached hydrogen (secondary N) is 1. The van der Waals surface area contributed by atoms with Crippen molar-refractivity contribution in [3.8, 4) is 11.5 Å². The van der Waals surface area contributed by atoms with Crippen molar-refractivity contribution in [3.63, 3.8) is 0 Å². The van der Waals surface area contributed by atoms with Gasteiger partial charge in [-0.1, -0.05) is 25.5 Å². The third kappa shape index (κ3) is 3.73. The molecular weight excluding hydrogens is 312 g/mol. The first-order valence-corrected chi connectivity index (χ1v) is 8.76. The molecule has 1 aromatic heterocycles. The largest absolute Gasteiger partial charge is 0.436 e. The minimum Gasteiger partial charge on any atom is -0.436 e. The van der Waals surface area contributed by atoms with E-state index in [1.54, 1.807) is 0 Å². The lowest BCUT2D eigenvalue weighted by molar-refractivity contribution is -0.116. The van der Waals surface area contributed by atoms with E-state index in [9.17, 15) is 4.79 Å². The van der Waals surface area contributed by atoms with E-state index >= 15 is 0 Å². The zero-order valence-electron chi connectivity index (χ0n) is 15.3. The molecule has 1 amide bonds. The number of carbonyl (C=O) groups excluding carboxylic acids is 1. The molecule has 130 valence electrons. The molecule has 0 saturated heterocycles. The van der Waals surface area contributed by atoms with Crippen molar-refractivity contribution in [2.45, 2.75) is 47.0 Å². The maximum Gasteiger partial charge on any atom is 0.227 e. The van der Waals surface area contributed by atoms with Crippen molar-refractivity contribution >= 4 is 22.7 Å². The first kappa shape index (κ1) is 17.2. The van der Waals surface area contributed by atoms with Gasteiger partial charge in [0.2, 0.25) is 11.8 Å². The zero-order valence-corrected chi connectivity index (χ0v) is 15.3. The van der Waals surface area contributed by atoms with Gasteiger partial charge in [0, 0.05) is 17.7 Å². The maximum absolute atomic E-state index is 12.0. The molecule has 0 atom stereocenters. The topological polar surface area (TPSA) is 55.1 Å². The summed E-state index contributed by atoms with van der Waals surface area (Å²) in [7, 11) is 0. The summed E-state index contributed by atoms with van der Waals surface area (Å²) < 4.78 is 5.98. The van der Waals surface area contributed by atoms with Gasteiger partial charge in [-0.25, -0.2) is 4.98 Å². The van der Waals surface area contributed by atoms with E-state index in [0.29, 0.717) is 12.3 Å². The average molecular weight is 336 g/mol. The van der Waals surface area contributed by atoms with Crippen molar-refractivity contribution in [1.29, 1.82) is 0 Å². The number of carbonyl (C=O) groups is 1. The van der Waals surface area contributed by atoms with E-state index in [1.807, 2.05) is 38.1 Å². The third-order valence-corrected chi connectivity index (χ3v) is 4.34. The molecule has 3 aromatic rings. The Morgan fingerprint density at radius 1 is 1.12 bits per heavy atom. The van der Waals surface area contributed by atoms with Gasteiger partial charge in [0.1, 0.15) is 5.52 Å². The summed E-state index contributed by atoms with van der Waals surface area (Å²) in [6.07, 6.45) is 2.45. The summed E-state index contributed by atoms with van der Waals surface area (Å²) in [5.41, 5.74) is 6.62. The number of fused-ring (bicyclic) bond motifs is 1. The normalized spacial score (nSPS) is 11.0. The first-order chi connectivity index (χ1) is 12.0. The number of aryl methyl sites for hydroxylation is 3. The minimum absolute atomic E-state index is 0.0473. The highest BCUT2D eigenvalue weighted by Crippen LogP contribution is 2.30. The Kier molecular flexibility index (Phi) is 4.88. The highest BCUT2D eigenvalue weighted by atomic mass is 16.3. The lowest BCUT2D eigenvalue weighted by Gasteiger charge is -2.09. The summed E-state index contributed by atoms with van der Waals surface area (Å²) >= 11 is 0. The van der Waals surface area contributed by atoms with E-state index in [0.717, 1.165) is 51.9 Å². The molecule has 0 bridgehead atoms. The summed E-state index contributed by atoms with van der Waals surface area (Å²) in [6, 6.07) is 10.0. The number of benzene rings is 2. The summed E-state index contributed by atoms with van der Waals surface area (Å²) in [6.45, 7) is 8.14. The lowest BCUT2D eigenvalue weighted by atomic mass is 10.1. The minimum atomic E-state index is 0.0473. The van der Waals surface area contributed by atoms with Crippen molar-refractivity contribution in [2.24, 2.45) is 0 Å². The standard InChI is InChI=1S/C21H24N2O2/c1-5-6-7-19(24)22-17-12-16(9-8-14(17)3)21-23-18-11-13(2)10-15(4)20(18)25-21/h8-12H,5-7H2,1-4H3,(H,22,24). The Labute approximate surface area is 148 Å². The zero-order chi connectivity index (χ0) is 18.0. The van der Waals surface area contributed by atoms with Gasteiger partial charge in [-0.15, -0.1) is 0 Å². The van der Waals surface area contributed by atoms with Crippen LogP contribution in [0.25, 0.3) is 22.6 Å². The summed E-state index contributed by atoms with van der Waals surface area (Å²) in [5.74, 6) is 0.624. The number of nitrogens with zero attached hydrogens (tertiary/aromatic N) is 1. The molecule has 0 aliphatic rings. The Morgan fingerprint density at radius 3 is 2.68 bits per heavy atom. The average Bonchev–Trinajstić information content (AvgIpc) is 2.99. The molecule has 4 nitrogen and oxygen atoms in total. The van der Waals surface area contributed by atoms with Crippen LogP contribution in [0.4, 0.5) is 5.69 Å². The maximum atomic E-state index is 12.0. The number of hydrogen-bond donors (Lipinski definition) is 1. The second-order valence-electron chi connectivity index (χ2n) is 6.63. The van der Waals surface area contributed by atoms with Crippen LogP contribution in [0.3, 0.4) is 0 Å². The van der Waals surface area contributed by atoms with Gasteiger partial charge in [-0.2, -0.15) is 0 Å². The predicted octanol–water partition coefficient (Wildman–Crippen LogP) is 5.55. The second-order valence-corrected chi connectivity index (χ2v) is 6.63. The molecule has 0 unspecified atom stereocenters. The molecule has 0 aliphatic carbocycles. The lowest BCUT2D eigenvalue weighted by Crippen LogP contribution is -2.11. The fraction of sp³-hybridized carbons (Fsp3) is 0.333. The molecule has 25 heavy (non-hydrogen) atoms. The van der Waals surface area contributed by atoms with Gasteiger partial charge < -0.3 is 9.73 Å². The van der Waals surface area contributed by atoms with Crippen LogP contribution in [-0.2, 0) is 4.79 Å². The molecule has 0 aliphatic heterocycles. The third-order valence-electron chi connectivity index (χ3n) is 4.34. The van der Waals surface area contributed by atoms with E-state index in [4.69, 9.17) is 4.42 Å². The van der Waals surface area contributed by atoms with Gasteiger partial charge >= 0.3 is 0 Å². The van der Waals surface area contributed by atoms with Crippen LogP contribution in [0.1, 0.15) is 42.9 Å². The Balaban J connectivity index is 1.94. The summed E-state index contributed by atoms with van der Waals surface area (Å²) in [5, 5.41) is 3.00. The number of hydrogen-bond acceptors (Lipinski definition) is 3. The van der Waals surface area contributed by atoms with Crippen molar-refractivity contribution in [3.05, 3.63) is 47.0 Å². The van der Waals surface area contributed by atoms with Crippen LogP contribution in [-0.4, -0.2) is 10.9 Å². The van der Waals surface area contributed by atoms with Crippen LogP contribution in [0.15, 0.2) is 34.7 Å². The summed E-state index contributed by atoms with van der Waals surface area (Å²) in [4.78, 5) is 16.7. The predicted molar refractivity (Wildman–Crippen MR) is 102 cm³/mol. The Bertz CT molecular complexity index is 925. The quantitative estimate of drug-likeness (QED) is 0.664. The van der Waals surface area contributed by atoms with Crippen molar-refractivity contribution in [2.75, 3.05) is 5.32 Å². The molecular formula is C21H24N2O2.